The van der Waals surface area contributed by atoms with Crippen molar-refractivity contribution in [3.8, 4) is 6.07 Å². The molecule has 0 aromatic heterocycles. The minimum atomic E-state index is -0.139. The highest BCUT2D eigenvalue weighted by molar-refractivity contribution is 7.99. The van der Waals surface area contributed by atoms with Gasteiger partial charge in [-0.05, 0) is 37.1 Å². The molecule has 1 N–H and O–H groups in total. The first-order valence-corrected chi connectivity index (χ1v) is 9.82. The third kappa shape index (κ3) is 4.89. The monoisotopic (exact) mass is 379 g/mol. The van der Waals surface area contributed by atoms with Crippen molar-refractivity contribution in [2.45, 2.75) is 29.1 Å². The summed E-state index contributed by atoms with van der Waals surface area (Å²) in [5, 5.41) is 12.2. The maximum atomic E-state index is 12.6. The van der Waals surface area contributed by atoms with E-state index in [0.29, 0.717) is 30.6 Å². The number of amides is 2. The Morgan fingerprint density at radius 3 is 2.63 bits per heavy atom. The van der Waals surface area contributed by atoms with Crippen molar-refractivity contribution in [1.82, 2.24) is 10.2 Å². The Hall–Kier alpha value is -2.78. The molecular weight excluding hydrogens is 358 g/mol. The van der Waals surface area contributed by atoms with E-state index in [4.69, 9.17) is 0 Å². The Kier molecular flexibility index (Phi) is 6.50. The molecule has 1 aliphatic rings. The fourth-order valence-corrected chi connectivity index (χ4v) is 4.04. The molecule has 0 saturated carbocycles. The average molecular weight is 379 g/mol. The van der Waals surface area contributed by atoms with E-state index < -0.39 is 0 Å². The molecule has 0 unspecified atom stereocenters. The Bertz CT molecular complexity index is 876. The second-order valence-corrected chi connectivity index (χ2v) is 7.38. The van der Waals surface area contributed by atoms with Gasteiger partial charge in [0.15, 0.2) is 0 Å². The van der Waals surface area contributed by atoms with E-state index in [2.05, 4.69) is 11.4 Å². The van der Waals surface area contributed by atoms with Crippen LogP contribution in [0.1, 0.15) is 35.2 Å². The summed E-state index contributed by atoms with van der Waals surface area (Å²) in [6.07, 6.45) is 2.31. The first-order valence-electron chi connectivity index (χ1n) is 9.01. The number of carbonyl (C=O) groups excluding carboxylic acids is 2. The number of likely N-dealkylation sites (tertiary alicyclic amines) is 1. The highest BCUT2D eigenvalue weighted by atomic mass is 32.2. The number of hydrogen-bond donors (Lipinski definition) is 1. The van der Waals surface area contributed by atoms with Crippen LogP contribution in [0, 0.1) is 11.3 Å². The number of rotatable bonds is 7. The second-order valence-electron chi connectivity index (χ2n) is 6.30. The topological polar surface area (TPSA) is 73.2 Å². The van der Waals surface area contributed by atoms with Gasteiger partial charge in [-0.3, -0.25) is 9.59 Å². The smallest absolute Gasteiger partial charge is 0.252 e. The molecule has 0 atom stereocenters. The number of nitrogens with one attached hydrogen (secondary N) is 1. The third-order valence-corrected chi connectivity index (χ3v) is 5.57. The predicted molar refractivity (Wildman–Crippen MR) is 104 cm³/mol. The molecule has 27 heavy (non-hydrogen) atoms. The van der Waals surface area contributed by atoms with E-state index in [0.717, 1.165) is 29.2 Å². The molecule has 1 heterocycles. The maximum Gasteiger partial charge on any atom is 0.252 e. The molecule has 1 fully saturated rings. The van der Waals surface area contributed by atoms with Gasteiger partial charge in [-0.2, -0.15) is 5.26 Å². The summed E-state index contributed by atoms with van der Waals surface area (Å²) in [5.74, 6) is 0.0690. The highest BCUT2D eigenvalue weighted by Gasteiger charge is 2.19. The third-order valence-electron chi connectivity index (χ3n) is 4.42. The molecule has 6 heteroatoms. The van der Waals surface area contributed by atoms with Crippen LogP contribution in [-0.2, 0) is 4.79 Å². The Balaban J connectivity index is 1.60. The fourth-order valence-electron chi connectivity index (χ4n) is 3.02. The van der Waals surface area contributed by atoms with Gasteiger partial charge in [0.2, 0.25) is 5.91 Å². The lowest BCUT2D eigenvalue weighted by Crippen LogP contribution is -2.30. The van der Waals surface area contributed by atoms with Gasteiger partial charge in [0.25, 0.3) is 5.91 Å². The zero-order valence-electron chi connectivity index (χ0n) is 15.0. The lowest BCUT2D eigenvalue weighted by molar-refractivity contribution is -0.127. The van der Waals surface area contributed by atoms with Gasteiger partial charge >= 0.3 is 0 Å². The molecule has 3 rings (SSSR count). The van der Waals surface area contributed by atoms with Gasteiger partial charge in [0.1, 0.15) is 6.07 Å². The van der Waals surface area contributed by atoms with Crippen LogP contribution >= 0.6 is 11.8 Å². The predicted octanol–water partition coefficient (Wildman–Crippen LogP) is 3.45. The quantitative estimate of drug-likeness (QED) is 0.748. The van der Waals surface area contributed by atoms with Crippen LogP contribution in [-0.4, -0.2) is 36.3 Å². The summed E-state index contributed by atoms with van der Waals surface area (Å²) in [5.41, 5.74) is 1.18. The van der Waals surface area contributed by atoms with Crippen molar-refractivity contribution in [3.63, 3.8) is 0 Å². The number of nitrogens with zero attached hydrogens (tertiary/aromatic N) is 2. The van der Waals surface area contributed by atoms with Crippen LogP contribution in [0.5, 0.6) is 0 Å². The lowest BCUT2D eigenvalue weighted by atomic mass is 10.2. The number of carbonyl (C=O) groups is 2. The Labute approximate surface area is 163 Å². The van der Waals surface area contributed by atoms with Crippen LogP contribution < -0.4 is 5.32 Å². The van der Waals surface area contributed by atoms with E-state index >= 15 is 0 Å². The summed E-state index contributed by atoms with van der Waals surface area (Å²) in [6, 6.07) is 16.9. The lowest BCUT2D eigenvalue weighted by Gasteiger charge is -2.15. The first kappa shape index (κ1) is 19.0. The molecule has 1 aliphatic heterocycles. The fraction of sp³-hybridized carbons (Fsp3) is 0.286. The van der Waals surface area contributed by atoms with E-state index in [1.54, 1.807) is 12.1 Å². The summed E-state index contributed by atoms with van der Waals surface area (Å²) in [6.45, 7) is 2.03. The zero-order valence-corrected chi connectivity index (χ0v) is 15.8. The van der Waals surface area contributed by atoms with E-state index in [9.17, 15) is 14.9 Å². The van der Waals surface area contributed by atoms with Crippen molar-refractivity contribution in [2.75, 3.05) is 19.6 Å². The van der Waals surface area contributed by atoms with Gasteiger partial charge in [-0.25, -0.2) is 0 Å². The molecule has 2 amide bonds. The molecule has 5 nitrogen and oxygen atoms in total. The normalized spacial score (nSPS) is 13.4. The number of nitriles is 1. The Morgan fingerprint density at radius 1 is 1.15 bits per heavy atom. The number of hydrogen-bond acceptors (Lipinski definition) is 4. The van der Waals surface area contributed by atoms with Crippen molar-refractivity contribution in [2.24, 2.45) is 0 Å². The van der Waals surface area contributed by atoms with Crippen molar-refractivity contribution < 1.29 is 9.59 Å². The van der Waals surface area contributed by atoms with E-state index in [1.807, 2.05) is 41.3 Å². The molecule has 2 aromatic rings. The van der Waals surface area contributed by atoms with Gasteiger partial charge in [0.05, 0.1) is 11.1 Å². The molecule has 138 valence electrons. The molecule has 0 aliphatic carbocycles. The molecular formula is C21H21N3O2S. The first-order chi connectivity index (χ1) is 13.2. The summed E-state index contributed by atoms with van der Waals surface area (Å²) in [7, 11) is 0. The largest absolute Gasteiger partial charge is 0.352 e. The molecule has 0 bridgehead atoms. The van der Waals surface area contributed by atoms with Crippen LogP contribution in [0.2, 0.25) is 0 Å². The summed E-state index contributed by atoms with van der Waals surface area (Å²) < 4.78 is 0. The van der Waals surface area contributed by atoms with Crippen LogP contribution in [0.15, 0.2) is 58.3 Å². The minimum Gasteiger partial charge on any atom is -0.352 e. The zero-order chi connectivity index (χ0) is 19.1. The molecule has 1 saturated heterocycles. The standard InChI is InChI=1S/C21H21N3O2S/c22-15-16-7-1-3-9-18(16)27-19-10-4-2-8-17(19)21(26)23-12-6-14-24-13-5-11-20(24)25/h1-4,7-10H,5-6,11-14H2,(H,23,26). The van der Waals surface area contributed by atoms with Crippen LogP contribution in [0.25, 0.3) is 0 Å². The van der Waals surface area contributed by atoms with Crippen molar-refractivity contribution >= 4 is 23.6 Å². The summed E-state index contributed by atoms with van der Waals surface area (Å²) in [4.78, 5) is 27.7. The molecule has 0 spiro atoms. The highest BCUT2D eigenvalue weighted by Crippen LogP contribution is 2.32. The van der Waals surface area contributed by atoms with Gasteiger partial charge < -0.3 is 10.2 Å². The maximum absolute atomic E-state index is 12.6. The van der Waals surface area contributed by atoms with Crippen LogP contribution in [0.4, 0.5) is 0 Å². The van der Waals surface area contributed by atoms with Crippen molar-refractivity contribution in [1.29, 1.82) is 5.26 Å². The van der Waals surface area contributed by atoms with Crippen LogP contribution in [0.3, 0.4) is 0 Å². The molecule has 2 aromatic carbocycles. The SMILES string of the molecule is N#Cc1ccccc1Sc1ccccc1C(=O)NCCCN1CCCC1=O. The number of benzene rings is 2. The van der Waals surface area contributed by atoms with Gasteiger partial charge in [-0.1, -0.05) is 36.0 Å². The molecule has 0 radical (unpaired) electrons. The minimum absolute atomic E-state index is 0.139. The van der Waals surface area contributed by atoms with E-state index in [1.165, 1.54) is 11.8 Å². The second kappa shape index (κ2) is 9.24. The summed E-state index contributed by atoms with van der Waals surface area (Å²) >= 11 is 1.42. The van der Waals surface area contributed by atoms with Gasteiger partial charge in [0, 0.05) is 35.8 Å². The Morgan fingerprint density at radius 2 is 1.89 bits per heavy atom. The van der Waals surface area contributed by atoms with Crippen molar-refractivity contribution in [3.05, 3.63) is 59.7 Å². The van der Waals surface area contributed by atoms with Gasteiger partial charge in [-0.15, -0.1) is 0 Å². The van der Waals surface area contributed by atoms with E-state index in [-0.39, 0.29) is 11.8 Å². The average Bonchev–Trinajstić information content (AvgIpc) is 3.10.